The minimum Gasteiger partial charge on any atom is -0.394 e. The van der Waals surface area contributed by atoms with Gasteiger partial charge in [-0.05, 0) is 47.9 Å². The van der Waals surface area contributed by atoms with E-state index in [0.717, 1.165) is 33.2 Å². The third-order valence-electron chi connectivity index (χ3n) is 7.99. The normalized spacial score (nSPS) is 27.5. The molecule has 42 heavy (non-hydrogen) atoms. The first-order valence-electron chi connectivity index (χ1n) is 13.3. The lowest BCUT2D eigenvalue weighted by atomic mass is 9.86. The number of hydrogen-bond acceptors (Lipinski definition) is 8. The first kappa shape index (κ1) is 28.2. The largest absolute Gasteiger partial charge is 0.394 e. The molecule has 2 fully saturated rings. The van der Waals surface area contributed by atoms with Gasteiger partial charge in [-0.1, -0.05) is 35.5 Å². The van der Waals surface area contributed by atoms with E-state index >= 15 is 0 Å². The highest BCUT2D eigenvalue weighted by molar-refractivity contribution is 6.08. The van der Waals surface area contributed by atoms with Gasteiger partial charge in [-0.25, -0.2) is 17.9 Å². The number of aryl methyl sites for hydroxylation is 1. The molecule has 220 valence electrons. The van der Waals surface area contributed by atoms with Gasteiger partial charge in [0.2, 0.25) is 5.79 Å². The highest BCUT2D eigenvalue weighted by Gasteiger charge is 2.62. The number of aromatic nitrogens is 3. The Morgan fingerprint density at radius 3 is 2.55 bits per heavy atom. The topological polar surface area (TPSA) is 139 Å². The number of nitrogens with one attached hydrogen (secondary N) is 1. The fourth-order valence-corrected chi connectivity index (χ4v) is 5.83. The summed E-state index contributed by atoms with van der Waals surface area (Å²) in [6.07, 6.45) is -3.02. The quantitative estimate of drug-likeness (QED) is 0.263. The number of fused-ring (bicyclic) bond motifs is 1. The van der Waals surface area contributed by atoms with Crippen LogP contribution in [-0.2, 0) is 9.47 Å². The van der Waals surface area contributed by atoms with E-state index in [9.17, 15) is 33.3 Å². The molecule has 4 N–H and O–H groups in total. The van der Waals surface area contributed by atoms with Crippen molar-refractivity contribution in [2.24, 2.45) is 0 Å². The summed E-state index contributed by atoms with van der Waals surface area (Å²) in [5.41, 5.74) is 1.19. The van der Waals surface area contributed by atoms with Crippen LogP contribution in [0.15, 0.2) is 54.7 Å². The number of amides is 1. The van der Waals surface area contributed by atoms with Crippen LogP contribution in [0.3, 0.4) is 0 Å². The molecule has 3 heterocycles. The zero-order valence-electron chi connectivity index (χ0n) is 22.2. The molecule has 1 aromatic heterocycles. The molecule has 10 nitrogen and oxygen atoms in total. The highest BCUT2D eigenvalue weighted by Crippen LogP contribution is 2.43. The summed E-state index contributed by atoms with van der Waals surface area (Å²) in [7, 11) is 0. The molecule has 2 aliphatic heterocycles. The van der Waals surface area contributed by atoms with E-state index in [1.807, 2.05) is 37.3 Å². The maximum atomic E-state index is 13.8. The van der Waals surface area contributed by atoms with E-state index < -0.39 is 66.1 Å². The van der Waals surface area contributed by atoms with Crippen LogP contribution < -0.4 is 5.32 Å². The van der Waals surface area contributed by atoms with Crippen molar-refractivity contribution in [2.45, 2.75) is 49.5 Å². The summed E-state index contributed by atoms with van der Waals surface area (Å²) in [4.78, 5) is 13.5. The average molecular weight is 585 g/mol. The second kappa shape index (κ2) is 10.7. The van der Waals surface area contributed by atoms with Crippen LogP contribution in [0.4, 0.5) is 13.2 Å². The smallest absolute Gasteiger partial charge is 0.252 e. The number of carbonyl (C=O) groups is 1. The Hall–Kier alpha value is -3.88. The van der Waals surface area contributed by atoms with Crippen molar-refractivity contribution in [3.05, 3.63) is 83.3 Å². The van der Waals surface area contributed by atoms with Crippen LogP contribution in [0.2, 0.25) is 0 Å². The molecular weight excluding hydrogens is 557 g/mol. The van der Waals surface area contributed by atoms with Crippen molar-refractivity contribution in [1.29, 1.82) is 0 Å². The third-order valence-corrected chi connectivity index (χ3v) is 7.99. The molecule has 6 atom stereocenters. The van der Waals surface area contributed by atoms with Gasteiger partial charge in [0.25, 0.3) is 5.91 Å². The van der Waals surface area contributed by atoms with E-state index in [1.165, 1.54) is 6.20 Å². The van der Waals surface area contributed by atoms with Gasteiger partial charge >= 0.3 is 0 Å². The molecule has 1 amide bonds. The first-order chi connectivity index (χ1) is 20.1. The van der Waals surface area contributed by atoms with E-state index in [1.54, 1.807) is 6.07 Å². The molecular formula is C29H27F3N4O6. The van der Waals surface area contributed by atoms with Gasteiger partial charge in [0.15, 0.2) is 17.5 Å². The molecule has 6 rings (SSSR count). The van der Waals surface area contributed by atoms with Gasteiger partial charge in [0, 0.05) is 11.1 Å². The van der Waals surface area contributed by atoms with Crippen molar-refractivity contribution in [3.63, 3.8) is 0 Å². The molecule has 0 aliphatic carbocycles. The number of aliphatic hydroxyl groups excluding tert-OH is 3. The molecule has 13 heteroatoms. The summed E-state index contributed by atoms with van der Waals surface area (Å²) in [5, 5.41) is 45.1. The molecule has 2 saturated heterocycles. The molecule has 0 bridgehead atoms. The molecule has 3 aromatic carbocycles. The van der Waals surface area contributed by atoms with E-state index in [2.05, 4.69) is 15.6 Å². The lowest BCUT2D eigenvalue weighted by Gasteiger charge is -2.49. The van der Waals surface area contributed by atoms with Gasteiger partial charge in [-0.2, -0.15) is 0 Å². The van der Waals surface area contributed by atoms with Crippen molar-refractivity contribution < 1.29 is 42.8 Å². The van der Waals surface area contributed by atoms with Gasteiger partial charge in [0.1, 0.15) is 30.0 Å². The summed E-state index contributed by atoms with van der Waals surface area (Å²) >= 11 is 0. The van der Waals surface area contributed by atoms with Crippen molar-refractivity contribution in [2.75, 3.05) is 13.2 Å². The standard InChI is InChI=1S/C29H27F3N4O6/c1-14-6-7-18(17-5-3-2-4-16(14)17)28(40)33-23-8-9-41-29(23)27(39)25(26(38)22(13-37)42-29)36-12-21(34-35-36)15-10-19(30)24(32)20(31)11-15/h2-7,10-12,22-23,25-27,37-39H,8-9,13H2,1H3,(H,33,40)/t22-,23-,25+,26+,27-,29+/m1/s1. The number of halogens is 3. The lowest BCUT2D eigenvalue weighted by molar-refractivity contribution is -0.344. The summed E-state index contributed by atoms with van der Waals surface area (Å²) in [5.74, 6) is -6.83. The zero-order chi connectivity index (χ0) is 29.8. The van der Waals surface area contributed by atoms with Crippen LogP contribution in [-0.4, -0.2) is 79.6 Å². The number of nitrogens with zero attached hydrogens (tertiary/aromatic N) is 3. The van der Waals surface area contributed by atoms with Crippen LogP contribution in [0, 0.1) is 24.4 Å². The van der Waals surface area contributed by atoms with E-state index in [0.29, 0.717) is 5.56 Å². The van der Waals surface area contributed by atoms with Crippen molar-refractivity contribution in [1.82, 2.24) is 20.3 Å². The van der Waals surface area contributed by atoms with Gasteiger partial charge in [-0.15, -0.1) is 5.10 Å². The second-order valence-electron chi connectivity index (χ2n) is 10.5. The number of ether oxygens (including phenoxy) is 2. The SMILES string of the molecule is Cc1ccc(C(=O)N[C@@H]2CCO[C@]23O[C@H](CO)[C@H](O)[C@H](n2cc(-c4cc(F)c(F)c(F)c4)nn2)[C@H]3O)c2ccccc12. The summed E-state index contributed by atoms with van der Waals surface area (Å²) in [6, 6.07) is 10.2. The predicted octanol–water partition coefficient (Wildman–Crippen LogP) is 2.39. The van der Waals surface area contributed by atoms with Crippen LogP contribution >= 0.6 is 0 Å². The number of aliphatic hydroxyl groups is 3. The number of benzene rings is 3. The number of rotatable bonds is 5. The van der Waals surface area contributed by atoms with Crippen molar-refractivity contribution >= 4 is 16.7 Å². The molecule has 0 saturated carbocycles. The fraction of sp³-hybridized carbons (Fsp3) is 0.345. The molecule has 4 aromatic rings. The molecule has 0 radical (unpaired) electrons. The van der Waals surface area contributed by atoms with Crippen LogP contribution in [0.25, 0.3) is 22.0 Å². The molecule has 1 spiro atoms. The first-order valence-corrected chi connectivity index (χ1v) is 13.3. The zero-order valence-corrected chi connectivity index (χ0v) is 22.2. The van der Waals surface area contributed by atoms with Crippen molar-refractivity contribution in [3.8, 4) is 11.3 Å². The third kappa shape index (κ3) is 4.53. The number of carbonyl (C=O) groups excluding carboxylic acids is 1. The Bertz CT molecular complexity index is 1640. The Balaban J connectivity index is 1.33. The number of hydrogen-bond donors (Lipinski definition) is 4. The van der Waals surface area contributed by atoms with Crippen LogP contribution in [0.1, 0.15) is 28.4 Å². The minimum absolute atomic E-state index is 0.0725. The Kier molecular flexibility index (Phi) is 7.23. The molecule has 0 unspecified atom stereocenters. The Labute approximate surface area is 237 Å². The lowest BCUT2D eigenvalue weighted by Crippen LogP contribution is -2.69. The van der Waals surface area contributed by atoms with Gasteiger partial charge in [-0.3, -0.25) is 4.79 Å². The Morgan fingerprint density at radius 2 is 1.83 bits per heavy atom. The minimum atomic E-state index is -1.90. The average Bonchev–Trinajstić information content (AvgIpc) is 3.62. The highest BCUT2D eigenvalue weighted by atomic mass is 19.2. The predicted molar refractivity (Wildman–Crippen MR) is 142 cm³/mol. The maximum Gasteiger partial charge on any atom is 0.252 e. The monoisotopic (exact) mass is 584 g/mol. The van der Waals surface area contributed by atoms with Gasteiger partial charge in [0.05, 0.1) is 25.5 Å². The molecule has 2 aliphatic rings. The van der Waals surface area contributed by atoms with Crippen LogP contribution in [0.5, 0.6) is 0 Å². The maximum absolute atomic E-state index is 13.8. The Morgan fingerprint density at radius 1 is 1.12 bits per heavy atom. The van der Waals surface area contributed by atoms with Gasteiger partial charge < -0.3 is 30.1 Å². The van der Waals surface area contributed by atoms with E-state index in [-0.39, 0.29) is 24.3 Å². The fourth-order valence-electron chi connectivity index (χ4n) is 5.83. The summed E-state index contributed by atoms with van der Waals surface area (Å²) < 4.78 is 54.1. The van der Waals surface area contributed by atoms with E-state index in [4.69, 9.17) is 9.47 Å². The second-order valence-corrected chi connectivity index (χ2v) is 10.5. The summed E-state index contributed by atoms with van der Waals surface area (Å²) in [6.45, 7) is 1.35.